The van der Waals surface area contributed by atoms with Gasteiger partial charge in [0.15, 0.2) is 5.76 Å². The van der Waals surface area contributed by atoms with Crippen molar-refractivity contribution >= 4 is 11.0 Å². The maximum atomic E-state index is 8.55. The van der Waals surface area contributed by atoms with Crippen molar-refractivity contribution in [1.82, 2.24) is 0 Å². The van der Waals surface area contributed by atoms with Gasteiger partial charge in [-0.1, -0.05) is 24.1 Å². The standard InChI is InChI=1S/C12H10O2/c13-8-4-3-6-11-9-10-5-1-2-7-12(10)14-11/h1-2,5,7,9,13H,4,8H2. The van der Waals surface area contributed by atoms with Gasteiger partial charge < -0.3 is 9.52 Å². The molecular formula is C12H10O2. The van der Waals surface area contributed by atoms with Crippen LogP contribution in [0.3, 0.4) is 0 Å². The molecule has 1 aromatic carbocycles. The van der Waals surface area contributed by atoms with E-state index in [4.69, 9.17) is 9.52 Å². The fourth-order valence-corrected chi connectivity index (χ4v) is 1.25. The summed E-state index contributed by atoms with van der Waals surface area (Å²) < 4.78 is 5.46. The molecule has 0 aliphatic rings. The van der Waals surface area contributed by atoms with Crippen LogP contribution in [0.2, 0.25) is 0 Å². The lowest BCUT2D eigenvalue weighted by Crippen LogP contribution is -1.75. The Bertz CT molecular complexity index is 452. The molecule has 0 aliphatic heterocycles. The van der Waals surface area contributed by atoms with Gasteiger partial charge in [0.05, 0.1) is 6.61 Å². The Labute approximate surface area is 82.2 Å². The van der Waals surface area contributed by atoms with Crippen LogP contribution in [-0.2, 0) is 0 Å². The molecule has 0 saturated carbocycles. The zero-order valence-corrected chi connectivity index (χ0v) is 7.66. The van der Waals surface area contributed by atoms with Gasteiger partial charge >= 0.3 is 0 Å². The molecule has 2 heteroatoms. The average Bonchev–Trinajstić information content (AvgIpc) is 2.60. The van der Waals surface area contributed by atoms with Gasteiger partial charge in [-0.15, -0.1) is 0 Å². The van der Waals surface area contributed by atoms with Crippen molar-refractivity contribution in [2.24, 2.45) is 0 Å². The Morgan fingerprint density at radius 2 is 2.14 bits per heavy atom. The van der Waals surface area contributed by atoms with Gasteiger partial charge in [-0.3, -0.25) is 0 Å². The van der Waals surface area contributed by atoms with Crippen molar-refractivity contribution in [3.8, 4) is 11.8 Å². The fraction of sp³-hybridized carbons (Fsp3) is 0.167. The molecule has 0 bridgehead atoms. The summed E-state index contributed by atoms with van der Waals surface area (Å²) in [4.78, 5) is 0. The number of hydrogen-bond acceptors (Lipinski definition) is 2. The van der Waals surface area contributed by atoms with Gasteiger partial charge in [0.1, 0.15) is 5.58 Å². The van der Waals surface area contributed by atoms with E-state index in [1.165, 1.54) is 0 Å². The number of hydrogen-bond donors (Lipinski definition) is 1. The maximum Gasteiger partial charge on any atom is 0.178 e. The van der Waals surface area contributed by atoms with Crippen LogP contribution < -0.4 is 0 Å². The van der Waals surface area contributed by atoms with E-state index in [1.54, 1.807) is 0 Å². The maximum absolute atomic E-state index is 8.55. The molecule has 2 rings (SSSR count). The molecule has 0 amide bonds. The second-order valence-electron chi connectivity index (χ2n) is 2.92. The van der Waals surface area contributed by atoms with Crippen LogP contribution in [0.1, 0.15) is 12.2 Å². The van der Waals surface area contributed by atoms with Crippen LogP contribution in [0.5, 0.6) is 0 Å². The Balaban J connectivity index is 2.33. The number of aliphatic hydroxyl groups excluding tert-OH is 1. The van der Waals surface area contributed by atoms with Gasteiger partial charge in [0.2, 0.25) is 0 Å². The summed E-state index contributed by atoms with van der Waals surface area (Å²) in [5.41, 5.74) is 0.848. The van der Waals surface area contributed by atoms with E-state index < -0.39 is 0 Å². The number of benzene rings is 1. The molecule has 2 nitrogen and oxygen atoms in total. The normalized spacial score (nSPS) is 9.79. The number of aliphatic hydroxyl groups is 1. The molecule has 1 heterocycles. The van der Waals surface area contributed by atoms with Crippen molar-refractivity contribution in [3.63, 3.8) is 0 Å². The highest BCUT2D eigenvalue weighted by Crippen LogP contribution is 2.17. The molecule has 1 N–H and O–H groups in total. The number of fused-ring (bicyclic) bond motifs is 1. The van der Waals surface area contributed by atoms with E-state index >= 15 is 0 Å². The van der Waals surface area contributed by atoms with Crippen molar-refractivity contribution in [3.05, 3.63) is 36.1 Å². The molecular weight excluding hydrogens is 176 g/mol. The van der Waals surface area contributed by atoms with Crippen LogP contribution in [0.15, 0.2) is 34.7 Å². The van der Waals surface area contributed by atoms with Gasteiger partial charge in [-0.2, -0.15) is 0 Å². The molecule has 70 valence electrons. The molecule has 0 atom stereocenters. The minimum absolute atomic E-state index is 0.0905. The molecule has 2 aromatic rings. The first kappa shape index (κ1) is 8.86. The van der Waals surface area contributed by atoms with Crippen LogP contribution in [0, 0.1) is 11.8 Å². The Hall–Kier alpha value is -1.72. The third-order valence-corrected chi connectivity index (χ3v) is 1.87. The van der Waals surface area contributed by atoms with Crippen LogP contribution in [0.25, 0.3) is 11.0 Å². The quantitative estimate of drug-likeness (QED) is 0.692. The Morgan fingerprint density at radius 1 is 1.29 bits per heavy atom. The Kier molecular flexibility index (Phi) is 2.53. The minimum atomic E-state index is 0.0905. The number of rotatable bonds is 1. The lowest BCUT2D eigenvalue weighted by molar-refractivity contribution is 0.305. The first-order chi connectivity index (χ1) is 6.90. The van der Waals surface area contributed by atoms with Gasteiger partial charge in [-0.25, -0.2) is 0 Å². The molecule has 0 radical (unpaired) electrons. The summed E-state index contributed by atoms with van der Waals surface area (Å²) in [6, 6.07) is 9.68. The van der Waals surface area contributed by atoms with Gasteiger partial charge in [0.25, 0.3) is 0 Å². The van der Waals surface area contributed by atoms with Crippen LogP contribution in [-0.4, -0.2) is 11.7 Å². The van der Waals surface area contributed by atoms with Crippen molar-refractivity contribution in [2.75, 3.05) is 6.61 Å². The third-order valence-electron chi connectivity index (χ3n) is 1.87. The fourth-order valence-electron chi connectivity index (χ4n) is 1.25. The zero-order valence-electron chi connectivity index (χ0n) is 7.66. The largest absolute Gasteiger partial charge is 0.448 e. The minimum Gasteiger partial charge on any atom is -0.448 e. The molecule has 0 fully saturated rings. The molecule has 14 heavy (non-hydrogen) atoms. The summed E-state index contributed by atoms with van der Waals surface area (Å²) in [5.74, 6) is 6.33. The highest BCUT2D eigenvalue weighted by Gasteiger charge is 1.98. The van der Waals surface area contributed by atoms with E-state index in [2.05, 4.69) is 11.8 Å². The van der Waals surface area contributed by atoms with Gasteiger partial charge in [-0.05, 0) is 12.0 Å². The monoisotopic (exact) mass is 186 g/mol. The van der Waals surface area contributed by atoms with E-state index in [1.807, 2.05) is 30.3 Å². The van der Waals surface area contributed by atoms with Crippen molar-refractivity contribution in [2.45, 2.75) is 6.42 Å². The summed E-state index contributed by atoms with van der Waals surface area (Å²) >= 11 is 0. The van der Waals surface area contributed by atoms with E-state index in [0.717, 1.165) is 11.0 Å². The lowest BCUT2D eigenvalue weighted by atomic mass is 10.2. The highest BCUT2D eigenvalue weighted by molar-refractivity contribution is 5.78. The summed E-state index contributed by atoms with van der Waals surface area (Å²) in [7, 11) is 0. The van der Waals surface area contributed by atoms with Gasteiger partial charge in [0, 0.05) is 17.9 Å². The third kappa shape index (κ3) is 1.78. The SMILES string of the molecule is OCCC#Cc1cc2ccccc2o1. The highest BCUT2D eigenvalue weighted by atomic mass is 16.3. The summed E-state index contributed by atoms with van der Waals surface area (Å²) in [6.07, 6.45) is 0.483. The smallest absolute Gasteiger partial charge is 0.178 e. The van der Waals surface area contributed by atoms with Crippen LogP contribution >= 0.6 is 0 Å². The first-order valence-electron chi connectivity index (χ1n) is 4.48. The summed E-state index contributed by atoms with van der Waals surface area (Å²) in [6.45, 7) is 0.0905. The summed E-state index contributed by atoms with van der Waals surface area (Å²) in [5, 5.41) is 9.61. The predicted molar refractivity (Wildman–Crippen MR) is 54.8 cm³/mol. The average molecular weight is 186 g/mol. The second-order valence-corrected chi connectivity index (χ2v) is 2.92. The van der Waals surface area contributed by atoms with E-state index in [0.29, 0.717) is 12.2 Å². The zero-order chi connectivity index (χ0) is 9.80. The first-order valence-corrected chi connectivity index (χ1v) is 4.48. The van der Waals surface area contributed by atoms with Crippen LogP contribution in [0.4, 0.5) is 0 Å². The molecule has 0 saturated heterocycles. The molecule has 1 aromatic heterocycles. The molecule has 0 unspecified atom stereocenters. The molecule has 0 aliphatic carbocycles. The topological polar surface area (TPSA) is 33.4 Å². The van der Waals surface area contributed by atoms with E-state index in [-0.39, 0.29) is 6.61 Å². The van der Waals surface area contributed by atoms with Crippen molar-refractivity contribution in [1.29, 1.82) is 0 Å². The lowest BCUT2D eigenvalue weighted by Gasteiger charge is -1.82. The number of furan rings is 1. The van der Waals surface area contributed by atoms with E-state index in [9.17, 15) is 0 Å². The second kappa shape index (κ2) is 3.99. The predicted octanol–water partition coefficient (Wildman–Crippen LogP) is 2.17. The molecule has 0 spiro atoms. The Morgan fingerprint density at radius 3 is 2.93 bits per heavy atom. The van der Waals surface area contributed by atoms with Crippen molar-refractivity contribution < 1.29 is 9.52 Å². The number of para-hydroxylation sites is 1.